The quantitative estimate of drug-likeness (QED) is 0.786. The molecule has 1 atom stereocenters. The maximum Gasteiger partial charge on any atom is 0.389 e. The van der Waals surface area contributed by atoms with E-state index in [0.29, 0.717) is 19.5 Å². The highest BCUT2D eigenvalue weighted by Crippen LogP contribution is 2.22. The Kier molecular flexibility index (Phi) is 4.43. The van der Waals surface area contributed by atoms with E-state index in [2.05, 4.69) is 10.0 Å². The molecule has 0 aromatic rings. The Hall–Kier alpha value is -0.340. The number of sulfonamides is 1. The lowest BCUT2D eigenvalue weighted by atomic mass is 10.0. The molecular formula is C9H17F3N2O2S. The van der Waals surface area contributed by atoms with Gasteiger partial charge in [-0.1, -0.05) is 0 Å². The van der Waals surface area contributed by atoms with Crippen LogP contribution in [0, 0.1) is 0 Å². The molecule has 1 rings (SSSR count). The minimum Gasteiger partial charge on any atom is -0.315 e. The first kappa shape index (κ1) is 14.7. The largest absolute Gasteiger partial charge is 0.389 e. The topological polar surface area (TPSA) is 58.2 Å². The molecule has 1 unspecified atom stereocenters. The molecule has 1 fully saturated rings. The maximum absolute atomic E-state index is 11.9. The zero-order chi connectivity index (χ0) is 13.2. The summed E-state index contributed by atoms with van der Waals surface area (Å²) in [5, 5.41) is 3.01. The third-order valence-corrected chi connectivity index (χ3v) is 4.27. The highest BCUT2D eigenvalue weighted by atomic mass is 32.2. The van der Waals surface area contributed by atoms with Gasteiger partial charge in [-0.05, 0) is 26.3 Å². The Morgan fingerprint density at radius 1 is 1.41 bits per heavy atom. The van der Waals surface area contributed by atoms with Gasteiger partial charge in [0.05, 0.1) is 5.75 Å². The van der Waals surface area contributed by atoms with Crippen molar-refractivity contribution >= 4 is 10.0 Å². The van der Waals surface area contributed by atoms with Crippen LogP contribution in [0.15, 0.2) is 0 Å². The number of hydrogen-bond donors (Lipinski definition) is 2. The van der Waals surface area contributed by atoms with E-state index in [1.807, 2.05) is 0 Å². The number of halogens is 3. The minimum absolute atomic E-state index is 0.400. The summed E-state index contributed by atoms with van der Waals surface area (Å²) in [6.45, 7) is 2.96. The number of rotatable bonds is 5. The summed E-state index contributed by atoms with van der Waals surface area (Å²) in [4.78, 5) is 0. The van der Waals surface area contributed by atoms with Crippen LogP contribution in [0.4, 0.5) is 13.2 Å². The fourth-order valence-corrected chi connectivity index (χ4v) is 3.34. The van der Waals surface area contributed by atoms with Crippen molar-refractivity contribution in [2.45, 2.75) is 37.9 Å². The molecule has 1 heterocycles. The fraction of sp³-hybridized carbons (Fsp3) is 1.00. The van der Waals surface area contributed by atoms with Crippen molar-refractivity contribution in [2.75, 3.05) is 18.8 Å². The van der Waals surface area contributed by atoms with Gasteiger partial charge in [0, 0.05) is 18.5 Å². The van der Waals surface area contributed by atoms with Crippen molar-refractivity contribution in [3.63, 3.8) is 0 Å². The van der Waals surface area contributed by atoms with Crippen LogP contribution >= 0.6 is 0 Å². The van der Waals surface area contributed by atoms with E-state index in [1.54, 1.807) is 6.92 Å². The molecule has 2 N–H and O–H groups in total. The van der Waals surface area contributed by atoms with E-state index in [1.165, 1.54) is 0 Å². The minimum atomic E-state index is -4.30. The molecule has 0 amide bonds. The molecule has 0 spiro atoms. The first-order valence-corrected chi connectivity index (χ1v) is 7.06. The summed E-state index contributed by atoms with van der Waals surface area (Å²) in [6.07, 6.45) is -5.12. The normalized spacial score (nSPS) is 26.4. The summed E-state index contributed by atoms with van der Waals surface area (Å²) in [7, 11) is -3.64. The lowest BCUT2D eigenvalue weighted by Crippen LogP contribution is -2.48. The van der Waals surface area contributed by atoms with Crippen LogP contribution in [0.3, 0.4) is 0 Å². The van der Waals surface area contributed by atoms with Crippen LogP contribution in [0.2, 0.25) is 0 Å². The van der Waals surface area contributed by atoms with Crippen molar-refractivity contribution in [3.8, 4) is 0 Å². The summed E-state index contributed by atoms with van der Waals surface area (Å²) < 4.78 is 61.3. The predicted octanol–water partition coefficient (Wildman–Crippen LogP) is 1.00. The second-order valence-corrected chi connectivity index (χ2v) is 6.47. The van der Waals surface area contributed by atoms with E-state index < -0.39 is 40.3 Å². The van der Waals surface area contributed by atoms with E-state index in [0.717, 1.165) is 0 Å². The number of nitrogens with one attached hydrogen (secondary N) is 2. The average Bonchev–Trinajstić information content (AvgIpc) is 2.47. The van der Waals surface area contributed by atoms with Gasteiger partial charge in [0.1, 0.15) is 0 Å². The Bertz CT molecular complexity index is 348. The summed E-state index contributed by atoms with van der Waals surface area (Å²) >= 11 is 0. The van der Waals surface area contributed by atoms with Crippen LogP contribution in [0.1, 0.15) is 26.2 Å². The summed E-state index contributed by atoms with van der Waals surface area (Å²) in [6, 6.07) is 0. The molecular weight excluding hydrogens is 257 g/mol. The Labute approximate surface area is 99.0 Å². The van der Waals surface area contributed by atoms with Crippen molar-refractivity contribution in [1.82, 2.24) is 10.0 Å². The summed E-state index contributed by atoms with van der Waals surface area (Å²) in [5.74, 6) is -0.484. The lowest BCUT2D eigenvalue weighted by Gasteiger charge is -2.24. The lowest BCUT2D eigenvalue weighted by molar-refractivity contribution is -0.134. The fourth-order valence-electron chi connectivity index (χ4n) is 1.79. The first-order valence-electron chi connectivity index (χ1n) is 5.41. The molecule has 0 saturated carbocycles. The van der Waals surface area contributed by atoms with Crippen LogP contribution in [0.25, 0.3) is 0 Å². The number of hydrogen-bond acceptors (Lipinski definition) is 3. The zero-order valence-corrected chi connectivity index (χ0v) is 10.4. The Morgan fingerprint density at radius 3 is 2.53 bits per heavy atom. The third-order valence-electron chi connectivity index (χ3n) is 2.64. The first-order chi connectivity index (χ1) is 7.62. The molecule has 0 aromatic heterocycles. The standard InChI is InChI=1S/C9H17F3N2O2S/c1-8(4-5-13-7-8)14-17(15,16)6-2-3-9(10,11)12/h13-14H,2-7H2,1H3. The second-order valence-electron chi connectivity index (χ2n) is 4.63. The van der Waals surface area contributed by atoms with Crippen LogP contribution in [-0.4, -0.2) is 39.0 Å². The van der Waals surface area contributed by atoms with E-state index in [4.69, 9.17) is 0 Å². The summed E-state index contributed by atoms with van der Waals surface area (Å²) in [5.41, 5.74) is -0.572. The smallest absolute Gasteiger partial charge is 0.315 e. The van der Waals surface area contributed by atoms with Crippen molar-refractivity contribution in [2.24, 2.45) is 0 Å². The average molecular weight is 274 g/mol. The third kappa shape index (κ3) is 5.69. The molecule has 1 aliphatic rings. The molecule has 17 heavy (non-hydrogen) atoms. The Morgan fingerprint density at radius 2 is 2.06 bits per heavy atom. The van der Waals surface area contributed by atoms with Crippen LogP contribution in [0.5, 0.6) is 0 Å². The van der Waals surface area contributed by atoms with Crippen LogP contribution < -0.4 is 10.0 Å². The van der Waals surface area contributed by atoms with Gasteiger partial charge in [-0.2, -0.15) is 13.2 Å². The van der Waals surface area contributed by atoms with Crippen molar-refractivity contribution in [3.05, 3.63) is 0 Å². The second kappa shape index (κ2) is 5.11. The van der Waals surface area contributed by atoms with Gasteiger partial charge in [-0.15, -0.1) is 0 Å². The molecule has 0 aliphatic carbocycles. The van der Waals surface area contributed by atoms with Gasteiger partial charge in [0.15, 0.2) is 0 Å². The molecule has 4 nitrogen and oxygen atoms in total. The van der Waals surface area contributed by atoms with Crippen LogP contribution in [-0.2, 0) is 10.0 Å². The van der Waals surface area contributed by atoms with Crippen molar-refractivity contribution < 1.29 is 21.6 Å². The molecule has 0 radical (unpaired) electrons. The molecule has 8 heteroatoms. The van der Waals surface area contributed by atoms with Gasteiger partial charge in [-0.25, -0.2) is 13.1 Å². The predicted molar refractivity (Wildman–Crippen MR) is 58.1 cm³/mol. The molecule has 102 valence electrons. The van der Waals surface area contributed by atoms with Gasteiger partial charge < -0.3 is 5.32 Å². The highest BCUT2D eigenvalue weighted by molar-refractivity contribution is 7.89. The van der Waals surface area contributed by atoms with E-state index >= 15 is 0 Å². The highest BCUT2D eigenvalue weighted by Gasteiger charge is 2.33. The van der Waals surface area contributed by atoms with Gasteiger partial charge in [0.25, 0.3) is 0 Å². The molecule has 1 aliphatic heterocycles. The van der Waals surface area contributed by atoms with Gasteiger partial charge in [0.2, 0.25) is 10.0 Å². The molecule has 1 saturated heterocycles. The van der Waals surface area contributed by atoms with E-state index in [9.17, 15) is 21.6 Å². The molecule has 0 aromatic carbocycles. The maximum atomic E-state index is 11.9. The molecule has 0 bridgehead atoms. The monoisotopic (exact) mass is 274 g/mol. The SMILES string of the molecule is CC1(NS(=O)(=O)CCCC(F)(F)F)CCNC1. The van der Waals surface area contributed by atoms with E-state index in [-0.39, 0.29) is 0 Å². The number of alkyl halides is 3. The van der Waals surface area contributed by atoms with Crippen molar-refractivity contribution in [1.29, 1.82) is 0 Å². The zero-order valence-electron chi connectivity index (χ0n) is 9.60. The Balaban J connectivity index is 2.41. The van der Waals surface area contributed by atoms with Gasteiger partial charge >= 0.3 is 6.18 Å². The van der Waals surface area contributed by atoms with Gasteiger partial charge in [-0.3, -0.25) is 0 Å².